The molecule has 3 aromatic carbocycles. The van der Waals surface area contributed by atoms with E-state index in [-0.39, 0.29) is 19.1 Å². The van der Waals surface area contributed by atoms with Crippen LogP contribution in [-0.4, -0.2) is 37.4 Å². The lowest BCUT2D eigenvalue weighted by Crippen LogP contribution is -2.37. The van der Waals surface area contributed by atoms with Crippen molar-refractivity contribution in [3.63, 3.8) is 0 Å². The van der Waals surface area contributed by atoms with Crippen molar-refractivity contribution >= 4 is 22.4 Å². The zero-order chi connectivity index (χ0) is 18.8. The Balaban J connectivity index is 1.38. The Hall–Kier alpha value is -2.89. The van der Waals surface area contributed by atoms with Crippen molar-refractivity contribution in [2.24, 2.45) is 0 Å². The highest BCUT2D eigenvalue weighted by atomic mass is 16.5. The molecule has 0 saturated carbocycles. The van der Waals surface area contributed by atoms with E-state index >= 15 is 0 Å². The fourth-order valence-corrected chi connectivity index (χ4v) is 3.46. The van der Waals surface area contributed by atoms with Gasteiger partial charge in [0.15, 0.2) is 0 Å². The average molecular weight is 363 g/mol. The van der Waals surface area contributed by atoms with Crippen molar-refractivity contribution in [3.8, 4) is 5.75 Å². The molecule has 138 valence electrons. The Bertz CT molecular complexity index is 962. The highest BCUT2D eigenvalue weighted by Crippen LogP contribution is 2.37. The van der Waals surface area contributed by atoms with Crippen LogP contribution in [0.3, 0.4) is 0 Å². The molecule has 4 rings (SSSR count). The van der Waals surface area contributed by atoms with E-state index in [9.17, 15) is 9.90 Å². The van der Waals surface area contributed by atoms with Gasteiger partial charge in [0.1, 0.15) is 5.75 Å². The van der Waals surface area contributed by atoms with Crippen molar-refractivity contribution < 1.29 is 19.4 Å². The topological polar surface area (TPSA) is 59.0 Å². The maximum Gasteiger partial charge on any atom is 0.259 e. The Morgan fingerprint density at radius 2 is 1.78 bits per heavy atom. The highest BCUT2D eigenvalue weighted by molar-refractivity contribution is 6.25. The standard InChI is InChI=1S/C22H21NO4/c1-26-18-10-8-15(9-11-18)13-27-14-17(24)12-23-20-7-3-5-16-4-2-6-19(21(16)20)22(23)25/h2-11,17,24H,12-14H2,1H3/t17-/m0/s1. The lowest BCUT2D eigenvalue weighted by atomic mass is 10.1. The van der Waals surface area contributed by atoms with E-state index in [4.69, 9.17) is 9.47 Å². The van der Waals surface area contributed by atoms with Crippen LogP contribution >= 0.6 is 0 Å². The molecule has 1 N–H and O–H groups in total. The number of amides is 1. The third-order valence-corrected chi connectivity index (χ3v) is 4.78. The molecule has 0 unspecified atom stereocenters. The summed E-state index contributed by atoms with van der Waals surface area (Å²) in [5.41, 5.74) is 2.54. The largest absolute Gasteiger partial charge is 0.497 e. The molecule has 1 atom stereocenters. The quantitative estimate of drug-likeness (QED) is 0.699. The normalized spacial score (nSPS) is 14.0. The van der Waals surface area contributed by atoms with Gasteiger partial charge in [-0.3, -0.25) is 4.79 Å². The third kappa shape index (κ3) is 3.39. The monoisotopic (exact) mass is 363 g/mol. The van der Waals surface area contributed by atoms with Crippen molar-refractivity contribution in [1.29, 1.82) is 0 Å². The van der Waals surface area contributed by atoms with Crippen LogP contribution in [0.1, 0.15) is 15.9 Å². The van der Waals surface area contributed by atoms with Gasteiger partial charge in [-0.25, -0.2) is 0 Å². The Morgan fingerprint density at radius 3 is 2.52 bits per heavy atom. The van der Waals surface area contributed by atoms with E-state index in [0.717, 1.165) is 27.8 Å². The molecule has 0 saturated heterocycles. The molecule has 0 aromatic heterocycles. The van der Waals surface area contributed by atoms with Crippen LogP contribution in [0.15, 0.2) is 60.7 Å². The predicted octanol–water partition coefficient (Wildman–Crippen LogP) is 3.39. The summed E-state index contributed by atoms with van der Waals surface area (Å²) in [7, 11) is 1.63. The highest BCUT2D eigenvalue weighted by Gasteiger charge is 2.30. The van der Waals surface area contributed by atoms with E-state index < -0.39 is 6.10 Å². The minimum absolute atomic E-state index is 0.0731. The maximum absolute atomic E-state index is 12.7. The molecule has 27 heavy (non-hydrogen) atoms. The van der Waals surface area contributed by atoms with Crippen LogP contribution in [0.5, 0.6) is 5.75 Å². The van der Waals surface area contributed by atoms with Gasteiger partial charge in [0.2, 0.25) is 0 Å². The first-order chi connectivity index (χ1) is 13.2. The first-order valence-corrected chi connectivity index (χ1v) is 8.89. The fraction of sp³-hybridized carbons (Fsp3) is 0.227. The number of methoxy groups -OCH3 is 1. The predicted molar refractivity (Wildman–Crippen MR) is 104 cm³/mol. The molecule has 0 spiro atoms. The van der Waals surface area contributed by atoms with Gasteiger partial charge >= 0.3 is 0 Å². The van der Waals surface area contributed by atoms with E-state index in [2.05, 4.69) is 0 Å². The molecule has 0 bridgehead atoms. The number of aliphatic hydroxyl groups excluding tert-OH is 1. The van der Waals surface area contributed by atoms with E-state index in [1.165, 1.54) is 0 Å². The maximum atomic E-state index is 12.7. The van der Waals surface area contributed by atoms with E-state index in [1.54, 1.807) is 12.0 Å². The summed E-state index contributed by atoms with van der Waals surface area (Å²) < 4.78 is 10.8. The summed E-state index contributed by atoms with van der Waals surface area (Å²) in [6.45, 7) is 0.752. The smallest absolute Gasteiger partial charge is 0.259 e. The molecule has 1 heterocycles. The number of β-amino-alcohol motifs (C(OH)–C–C–N with tert-alkyl or cyclic N) is 1. The van der Waals surface area contributed by atoms with Gasteiger partial charge in [0.25, 0.3) is 5.91 Å². The lowest BCUT2D eigenvalue weighted by Gasteiger charge is -2.21. The number of ether oxygens (including phenoxy) is 2. The summed E-state index contributed by atoms with van der Waals surface area (Å²) >= 11 is 0. The first kappa shape index (κ1) is 17.5. The molecular formula is C22H21NO4. The number of carbonyl (C=O) groups is 1. The fourth-order valence-electron chi connectivity index (χ4n) is 3.46. The molecule has 3 aromatic rings. The molecule has 1 aliphatic heterocycles. The number of hydrogen-bond donors (Lipinski definition) is 1. The zero-order valence-electron chi connectivity index (χ0n) is 15.1. The van der Waals surface area contributed by atoms with Gasteiger partial charge in [-0.2, -0.15) is 0 Å². The Morgan fingerprint density at radius 1 is 1.04 bits per heavy atom. The Kier molecular flexibility index (Phi) is 4.79. The van der Waals surface area contributed by atoms with Crippen LogP contribution in [0.2, 0.25) is 0 Å². The first-order valence-electron chi connectivity index (χ1n) is 8.89. The van der Waals surface area contributed by atoms with Crippen LogP contribution in [-0.2, 0) is 11.3 Å². The third-order valence-electron chi connectivity index (χ3n) is 4.78. The van der Waals surface area contributed by atoms with Crippen LogP contribution in [0.25, 0.3) is 10.8 Å². The second kappa shape index (κ2) is 7.39. The molecule has 0 fully saturated rings. The zero-order valence-corrected chi connectivity index (χ0v) is 15.1. The van der Waals surface area contributed by atoms with Gasteiger partial charge in [-0.05, 0) is 35.2 Å². The summed E-state index contributed by atoms with van der Waals surface area (Å²) in [6.07, 6.45) is -0.767. The van der Waals surface area contributed by atoms with E-state index in [1.807, 2.05) is 60.7 Å². The summed E-state index contributed by atoms with van der Waals surface area (Å²) in [6, 6.07) is 19.1. The number of anilines is 1. The minimum atomic E-state index is -0.767. The van der Waals surface area contributed by atoms with Gasteiger partial charge in [-0.15, -0.1) is 0 Å². The van der Waals surface area contributed by atoms with Crippen LogP contribution in [0, 0.1) is 0 Å². The van der Waals surface area contributed by atoms with Gasteiger partial charge in [-0.1, -0.05) is 36.4 Å². The number of aliphatic hydroxyl groups is 1. The molecule has 5 nitrogen and oxygen atoms in total. The number of hydrogen-bond acceptors (Lipinski definition) is 4. The molecular weight excluding hydrogens is 342 g/mol. The number of nitrogens with zero attached hydrogens (tertiary/aromatic N) is 1. The van der Waals surface area contributed by atoms with Gasteiger partial charge in [0.05, 0.1) is 38.7 Å². The number of rotatable bonds is 7. The SMILES string of the molecule is COc1ccc(COC[C@@H](O)CN2C(=O)c3cccc4cccc2c34)cc1. The van der Waals surface area contributed by atoms with Crippen molar-refractivity contribution in [2.45, 2.75) is 12.7 Å². The molecule has 1 aliphatic rings. The molecule has 5 heteroatoms. The van der Waals surface area contributed by atoms with Crippen molar-refractivity contribution in [2.75, 3.05) is 25.2 Å². The summed E-state index contributed by atoms with van der Waals surface area (Å²) in [5.74, 6) is 0.719. The number of carbonyl (C=O) groups excluding carboxylic acids is 1. The summed E-state index contributed by atoms with van der Waals surface area (Å²) in [4.78, 5) is 14.4. The van der Waals surface area contributed by atoms with Crippen molar-refractivity contribution in [3.05, 3.63) is 71.8 Å². The average Bonchev–Trinajstić information content (AvgIpc) is 2.97. The van der Waals surface area contributed by atoms with Gasteiger partial charge < -0.3 is 19.5 Å². The number of benzene rings is 3. The lowest BCUT2D eigenvalue weighted by molar-refractivity contribution is 0.0317. The van der Waals surface area contributed by atoms with Crippen LogP contribution in [0.4, 0.5) is 5.69 Å². The van der Waals surface area contributed by atoms with E-state index in [0.29, 0.717) is 12.2 Å². The van der Waals surface area contributed by atoms with Crippen LogP contribution < -0.4 is 9.64 Å². The van der Waals surface area contributed by atoms with Crippen molar-refractivity contribution in [1.82, 2.24) is 0 Å². The molecule has 1 amide bonds. The van der Waals surface area contributed by atoms with Gasteiger partial charge in [0, 0.05) is 10.9 Å². The minimum Gasteiger partial charge on any atom is -0.497 e. The summed E-state index contributed by atoms with van der Waals surface area (Å²) in [5, 5.41) is 12.4. The Labute approximate surface area is 157 Å². The second-order valence-corrected chi connectivity index (χ2v) is 6.61. The molecule has 0 radical (unpaired) electrons. The molecule has 0 aliphatic carbocycles. The second-order valence-electron chi connectivity index (χ2n) is 6.61.